The third-order valence-electron chi connectivity index (χ3n) is 3.64. The highest BCUT2D eigenvalue weighted by atomic mass is 79.9. The zero-order valence-electron chi connectivity index (χ0n) is 15.3. The normalized spacial score (nSPS) is 11.8. The van der Waals surface area contributed by atoms with Crippen LogP contribution in [0.1, 0.15) is 44.1 Å². The van der Waals surface area contributed by atoms with E-state index in [1.807, 2.05) is 45.0 Å². The summed E-state index contributed by atoms with van der Waals surface area (Å²) in [7, 11) is 0. The molecule has 0 bridgehead atoms. The van der Waals surface area contributed by atoms with E-state index in [9.17, 15) is 4.79 Å². The van der Waals surface area contributed by atoms with Crippen molar-refractivity contribution in [3.63, 3.8) is 0 Å². The average Bonchev–Trinajstić information content (AvgIpc) is 2.61. The molecule has 140 valence electrons. The SMILES string of the molecule is CCCC(=O)Oc1ccc(O[C@H](COCC)c2cccc(Br)n2)cc1C. The van der Waals surface area contributed by atoms with E-state index in [2.05, 4.69) is 20.9 Å². The topological polar surface area (TPSA) is 57.7 Å². The molecule has 0 aliphatic carbocycles. The lowest BCUT2D eigenvalue weighted by Gasteiger charge is -2.19. The summed E-state index contributed by atoms with van der Waals surface area (Å²) in [6, 6.07) is 11.1. The highest BCUT2D eigenvalue weighted by Gasteiger charge is 2.17. The summed E-state index contributed by atoms with van der Waals surface area (Å²) in [4.78, 5) is 16.1. The van der Waals surface area contributed by atoms with E-state index in [4.69, 9.17) is 14.2 Å². The fourth-order valence-corrected chi connectivity index (χ4v) is 2.72. The molecular formula is C20H24BrNO4. The van der Waals surface area contributed by atoms with Gasteiger partial charge >= 0.3 is 5.97 Å². The van der Waals surface area contributed by atoms with Gasteiger partial charge in [0.05, 0.1) is 12.3 Å². The van der Waals surface area contributed by atoms with Crippen molar-refractivity contribution in [1.82, 2.24) is 4.98 Å². The first-order valence-electron chi connectivity index (χ1n) is 8.71. The van der Waals surface area contributed by atoms with Gasteiger partial charge in [0.15, 0.2) is 6.10 Å². The molecule has 0 aliphatic heterocycles. The summed E-state index contributed by atoms with van der Waals surface area (Å²) in [5.41, 5.74) is 1.62. The Bertz CT molecular complexity index is 736. The van der Waals surface area contributed by atoms with Crippen LogP contribution in [0.25, 0.3) is 0 Å². The van der Waals surface area contributed by atoms with Gasteiger partial charge in [-0.1, -0.05) is 13.0 Å². The third-order valence-corrected chi connectivity index (χ3v) is 4.08. The Morgan fingerprint density at radius 3 is 2.69 bits per heavy atom. The Hall–Kier alpha value is -1.92. The molecule has 0 unspecified atom stereocenters. The van der Waals surface area contributed by atoms with Gasteiger partial charge in [-0.25, -0.2) is 4.98 Å². The van der Waals surface area contributed by atoms with Gasteiger partial charge in [-0.15, -0.1) is 0 Å². The zero-order chi connectivity index (χ0) is 18.9. The van der Waals surface area contributed by atoms with Crippen molar-refractivity contribution in [2.45, 2.75) is 39.7 Å². The number of benzene rings is 1. The largest absolute Gasteiger partial charge is 0.482 e. The number of esters is 1. The van der Waals surface area contributed by atoms with Crippen LogP contribution >= 0.6 is 15.9 Å². The van der Waals surface area contributed by atoms with Gasteiger partial charge in [-0.05, 0) is 72.1 Å². The van der Waals surface area contributed by atoms with Crippen LogP contribution in [0.15, 0.2) is 41.0 Å². The fourth-order valence-electron chi connectivity index (χ4n) is 2.36. The summed E-state index contributed by atoms with van der Waals surface area (Å²) in [5, 5.41) is 0. The molecule has 0 saturated heterocycles. The number of hydrogen-bond donors (Lipinski definition) is 0. The lowest BCUT2D eigenvalue weighted by Crippen LogP contribution is -2.16. The lowest BCUT2D eigenvalue weighted by atomic mass is 10.2. The van der Waals surface area contributed by atoms with Crippen LogP contribution in [-0.4, -0.2) is 24.2 Å². The first kappa shape index (κ1) is 20.4. The van der Waals surface area contributed by atoms with Crippen LogP contribution in [0.5, 0.6) is 11.5 Å². The van der Waals surface area contributed by atoms with Gasteiger partial charge in [0.1, 0.15) is 16.1 Å². The maximum absolute atomic E-state index is 11.7. The highest BCUT2D eigenvalue weighted by molar-refractivity contribution is 9.10. The molecule has 1 atom stereocenters. The second kappa shape index (κ2) is 10.3. The number of hydrogen-bond acceptors (Lipinski definition) is 5. The Morgan fingerprint density at radius 1 is 1.23 bits per heavy atom. The Morgan fingerprint density at radius 2 is 2.04 bits per heavy atom. The first-order valence-corrected chi connectivity index (χ1v) is 9.51. The molecule has 26 heavy (non-hydrogen) atoms. The summed E-state index contributed by atoms with van der Waals surface area (Å²) >= 11 is 3.38. The molecule has 2 aromatic rings. The number of aromatic nitrogens is 1. The second-order valence-corrected chi connectivity index (χ2v) is 6.61. The molecule has 0 spiro atoms. The van der Waals surface area contributed by atoms with Crippen molar-refractivity contribution in [2.75, 3.05) is 13.2 Å². The van der Waals surface area contributed by atoms with Gasteiger partial charge in [-0.3, -0.25) is 4.79 Å². The molecule has 2 rings (SSSR count). The van der Waals surface area contributed by atoms with Crippen molar-refractivity contribution in [3.05, 3.63) is 52.3 Å². The van der Waals surface area contributed by atoms with Gasteiger partial charge in [0.25, 0.3) is 0 Å². The number of ether oxygens (including phenoxy) is 3. The smallest absolute Gasteiger partial charge is 0.311 e. The molecule has 0 amide bonds. The molecule has 0 N–H and O–H groups in total. The Labute approximate surface area is 162 Å². The molecule has 5 nitrogen and oxygen atoms in total. The number of carbonyl (C=O) groups is 1. The molecule has 6 heteroatoms. The van der Waals surface area contributed by atoms with E-state index in [1.165, 1.54) is 0 Å². The van der Waals surface area contributed by atoms with Crippen molar-refractivity contribution < 1.29 is 19.0 Å². The molecule has 1 heterocycles. The minimum Gasteiger partial charge on any atom is -0.482 e. The van der Waals surface area contributed by atoms with Crippen LogP contribution in [0, 0.1) is 6.92 Å². The van der Waals surface area contributed by atoms with Crippen molar-refractivity contribution in [3.8, 4) is 11.5 Å². The first-order chi connectivity index (χ1) is 12.5. The molecular weight excluding hydrogens is 398 g/mol. The van der Waals surface area contributed by atoms with Gasteiger partial charge in [0.2, 0.25) is 0 Å². The predicted molar refractivity (Wildman–Crippen MR) is 104 cm³/mol. The van der Waals surface area contributed by atoms with E-state index in [-0.39, 0.29) is 12.1 Å². The van der Waals surface area contributed by atoms with Gasteiger partial charge in [0, 0.05) is 13.0 Å². The molecule has 1 aromatic carbocycles. The molecule has 0 saturated carbocycles. The molecule has 0 aliphatic rings. The van der Waals surface area contributed by atoms with Crippen molar-refractivity contribution in [2.24, 2.45) is 0 Å². The number of nitrogens with zero attached hydrogens (tertiary/aromatic N) is 1. The molecule has 1 aromatic heterocycles. The van der Waals surface area contributed by atoms with Crippen LogP contribution < -0.4 is 9.47 Å². The highest BCUT2D eigenvalue weighted by Crippen LogP contribution is 2.28. The minimum absolute atomic E-state index is 0.225. The van der Waals surface area contributed by atoms with Gasteiger partial charge < -0.3 is 14.2 Å². The van der Waals surface area contributed by atoms with E-state index in [0.717, 1.165) is 22.3 Å². The summed E-state index contributed by atoms with van der Waals surface area (Å²) < 4.78 is 17.8. The number of halogens is 1. The monoisotopic (exact) mass is 421 g/mol. The maximum atomic E-state index is 11.7. The average molecular weight is 422 g/mol. The minimum atomic E-state index is -0.333. The number of pyridine rings is 1. The second-order valence-electron chi connectivity index (χ2n) is 5.80. The van der Waals surface area contributed by atoms with Crippen LogP contribution in [0.3, 0.4) is 0 Å². The number of aryl methyl sites for hydroxylation is 1. The summed E-state index contributed by atoms with van der Waals surface area (Å²) in [6.07, 6.45) is 0.834. The third kappa shape index (κ3) is 6.11. The van der Waals surface area contributed by atoms with E-state index >= 15 is 0 Å². The van der Waals surface area contributed by atoms with Crippen molar-refractivity contribution in [1.29, 1.82) is 0 Å². The zero-order valence-corrected chi connectivity index (χ0v) is 16.9. The molecule has 0 fully saturated rings. The fraction of sp³-hybridized carbons (Fsp3) is 0.400. The van der Waals surface area contributed by atoms with Gasteiger partial charge in [-0.2, -0.15) is 0 Å². The predicted octanol–water partition coefficient (Wildman–Crippen LogP) is 5.01. The standard InChI is InChI=1S/C20H24BrNO4/c1-4-7-20(23)26-17-11-10-15(12-14(17)3)25-18(13-24-5-2)16-8-6-9-19(21)22-16/h6,8-12,18H,4-5,7,13H2,1-3H3/t18-/m1/s1. The quantitative estimate of drug-likeness (QED) is 0.323. The lowest BCUT2D eigenvalue weighted by molar-refractivity contribution is -0.134. The maximum Gasteiger partial charge on any atom is 0.311 e. The van der Waals surface area contributed by atoms with Crippen LogP contribution in [-0.2, 0) is 9.53 Å². The van der Waals surface area contributed by atoms with Crippen LogP contribution in [0.4, 0.5) is 0 Å². The summed E-state index contributed by atoms with van der Waals surface area (Å²) in [6.45, 7) is 6.76. The Kier molecular flexibility index (Phi) is 8.06. The number of rotatable bonds is 9. The molecule has 0 radical (unpaired) electrons. The number of carbonyl (C=O) groups excluding carboxylic acids is 1. The van der Waals surface area contributed by atoms with Crippen molar-refractivity contribution >= 4 is 21.9 Å². The Balaban J connectivity index is 2.14. The van der Waals surface area contributed by atoms with E-state index in [0.29, 0.717) is 31.1 Å². The summed E-state index contributed by atoms with van der Waals surface area (Å²) in [5.74, 6) is 0.999. The van der Waals surface area contributed by atoms with E-state index < -0.39 is 0 Å². The van der Waals surface area contributed by atoms with Crippen LogP contribution in [0.2, 0.25) is 0 Å². The van der Waals surface area contributed by atoms with E-state index in [1.54, 1.807) is 12.1 Å².